The van der Waals surface area contributed by atoms with E-state index >= 15 is 0 Å². The van der Waals surface area contributed by atoms with Crippen LogP contribution in [-0.2, 0) is 6.42 Å². The predicted octanol–water partition coefficient (Wildman–Crippen LogP) is 6.70. The van der Waals surface area contributed by atoms with Gasteiger partial charge in [0.15, 0.2) is 0 Å². The quantitative estimate of drug-likeness (QED) is 0.136. The number of piperidine rings is 2. The summed E-state index contributed by atoms with van der Waals surface area (Å²) in [5.74, 6) is 3.93. The minimum absolute atomic E-state index is 0.691. The molecule has 6 rings (SSSR count). The minimum Gasteiger partial charge on any atom is -0.354 e. The molecular formula is C38H56N10. The first-order chi connectivity index (χ1) is 23.2. The Morgan fingerprint density at radius 3 is 1.88 bits per heavy atom. The van der Waals surface area contributed by atoms with Gasteiger partial charge in [0.1, 0.15) is 5.82 Å². The van der Waals surface area contributed by atoms with Crippen molar-refractivity contribution in [2.24, 2.45) is 11.8 Å². The normalized spacial score (nSPS) is 17.0. The number of nitrogens with one attached hydrogen (secondary N) is 3. The van der Waals surface area contributed by atoms with Crippen LogP contribution in [0.2, 0.25) is 0 Å². The molecule has 10 heteroatoms. The van der Waals surface area contributed by atoms with Gasteiger partial charge in [-0.2, -0.15) is 0 Å². The number of likely N-dealkylation sites (tertiary alicyclic amines) is 2. The van der Waals surface area contributed by atoms with E-state index in [2.05, 4.69) is 76.3 Å². The Kier molecular flexibility index (Phi) is 11.2. The van der Waals surface area contributed by atoms with Crippen LogP contribution in [0, 0.1) is 39.5 Å². The third-order valence-corrected chi connectivity index (χ3v) is 10.9. The topological polar surface area (TPSA) is 111 Å². The first-order valence-electron chi connectivity index (χ1n) is 18.2. The Labute approximate surface area is 287 Å². The number of fused-ring (bicyclic) bond motifs is 1. The molecule has 0 amide bonds. The summed E-state index contributed by atoms with van der Waals surface area (Å²) in [6.07, 6.45) is 14.8. The molecule has 2 aliphatic rings. The fourth-order valence-electron chi connectivity index (χ4n) is 7.53. The number of H-pyrrole nitrogens is 1. The molecule has 0 unspecified atom stereocenters. The molecular weight excluding hydrogens is 596 g/mol. The average Bonchev–Trinajstić information content (AvgIpc) is 3.49. The highest BCUT2D eigenvalue weighted by Gasteiger charge is 2.19. The summed E-state index contributed by atoms with van der Waals surface area (Å²) in [6, 6.07) is 2.21. The van der Waals surface area contributed by atoms with E-state index in [-0.39, 0.29) is 0 Å². The molecule has 3 N–H and O–H groups in total. The molecule has 3 aromatic heterocycles. The second-order valence-corrected chi connectivity index (χ2v) is 14.6. The maximum Gasteiger partial charge on any atom is 0.222 e. The number of rotatable bonds is 13. The molecule has 2 aliphatic heterocycles. The van der Waals surface area contributed by atoms with Crippen molar-refractivity contribution in [1.82, 2.24) is 39.7 Å². The van der Waals surface area contributed by atoms with Crippen LogP contribution >= 0.6 is 0 Å². The van der Waals surface area contributed by atoms with Crippen LogP contribution in [0.15, 0.2) is 18.5 Å². The van der Waals surface area contributed by atoms with Gasteiger partial charge < -0.3 is 25.4 Å². The van der Waals surface area contributed by atoms with Crippen LogP contribution < -0.4 is 10.6 Å². The van der Waals surface area contributed by atoms with E-state index in [1.165, 1.54) is 81.4 Å². The zero-order valence-corrected chi connectivity index (χ0v) is 30.1. The Hall–Kier alpha value is -3.63. The second-order valence-electron chi connectivity index (χ2n) is 14.6. The van der Waals surface area contributed by atoms with Gasteiger partial charge in [0, 0.05) is 37.6 Å². The Morgan fingerprint density at radius 2 is 1.31 bits per heavy atom. The smallest absolute Gasteiger partial charge is 0.222 e. The predicted molar refractivity (Wildman–Crippen MR) is 197 cm³/mol. The molecule has 5 heterocycles. The molecule has 1 aromatic carbocycles. The molecule has 258 valence electrons. The van der Waals surface area contributed by atoms with E-state index in [9.17, 15) is 0 Å². The fraction of sp³-hybridized carbons (Fsp3) is 0.605. The molecule has 0 spiro atoms. The molecule has 0 radical (unpaired) electrons. The minimum atomic E-state index is 0.691. The lowest BCUT2D eigenvalue weighted by atomic mass is 9.92. The molecule has 2 saturated heterocycles. The molecule has 0 atom stereocenters. The molecule has 48 heavy (non-hydrogen) atoms. The van der Waals surface area contributed by atoms with Gasteiger partial charge in [-0.3, -0.25) is 0 Å². The molecule has 0 aliphatic carbocycles. The molecule has 2 fully saturated rings. The van der Waals surface area contributed by atoms with Crippen LogP contribution in [0.5, 0.6) is 0 Å². The summed E-state index contributed by atoms with van der Waals surface area (Å²) < 4.78 is 0. The van der Waals surface area contributed by atoms with Crippen LogP contribution in [0.1, 0.15) is 85.0 Å². The van der Waals surface area contributed by atoms with Crippen molar-refractivity contribution in [3.8, 4) is 11.4 Å². The maximum atomic E-state index is 5.06. The van der Waals surface area contributed by atoms with Gasteiger partial charge in [0.25, 0.3) is 0 Å². The number of benzene rings is 1. The van der Waals surface area contributed by atoms with E-state index < -0.39 is 0 Å². The Balaban J connectivity index is 1.05. The van der Waals surface area contributed by atoms with Crippen LogP contribution in [-0.4, -0.2) is 93.1 Å². The van der Waals surface area contributed by atoms with Crippen LogP contribution in [0.3, 0.4) is 0 Å². The van der Waals surface area contributed by atoms with E-state index in [1.807, 2.05) is 19.3 Å². The van der Waals surface area contributed by atoms with Gasteiger partial charge >= 0.3 is 0 Å². The van der Waals surface area contributed by atoms with E-state index in [4.69, 9.17) is 15.0 Å². The number of hydrogen-bond donors (Lipinski definition) is 3. The third-order valence-electron chi connectivity index (χ3n) is 10.9. The van der Waals surface area contributed by atoms with Gasteiger partial charge in [-0.1, -0.05) is 0 Å². The summed E-state index contributed by atoms with van der Waals surface area (Å²) in [5, 5.41) is 6.90. The third kappa shape index (κ3) is 8.50. The summed E-state index contributed by atoms with van der Waals surface area (Å²) >= 11 is 0. The number of nitrogens with zero attached hydrogens (tertiary/aromatic N) is 7. The van der Waals surface area contributed by atoms with Crippen molar-refractivity contribution in [3.63, 3.8) is 0 Å². The van der Waals surface area contributed by atoms with Gasteiger partial charge in [-0.25, -0.2) is 24.9 Å². The maximum absolute atomic E-state index is 5.06. The van der Waals surface area contributed by atoms with Gasteiger partial charge in [-0.15, -0.1) is 0 Å². The van der Waals surface area contributed by atoms with Gasteiger partial charge in [-0.05, 0) is 159 Å². The Bertz CT molecular complexity index is 1660. The first-order valence-corrected chi connectivity index (χ1v) is 18.2. The lowest BCUT2D eigenvalue weighted by Crippen LogP contribution is -2.30. The number of aryl methyl sites for hydroxylation is 4. The molecule has 4 aromatic rings. The largest absolute Gasteiger partial charge is 0.354 e. The first kappa shape index (κ1) is 34.2. The fourth-order valence-corrected chi connectivity index (χ4v) is 7.53. The molecule has 10 nitrogen and oxygen atoms in total. The standard InChI is InChI=1S/C38H56N10/c1-25-21-34-35(46-36(45-34)33-24-42-38(44-28(33)4)40-16-8-10-30-13-19-48(6)20-14-30)26(2)32(25)22-31-23-41-37(43-27(31)3)39-15-7-9-29-11-17-47(5)18-12-29/h21,23-24,29-30H,7-20,22H2,1-6H3,(H,45,46)(H,39,41,43)(H,40,42,44). The van der Waals surface area contributed by atoms with Crippen molar-refractivity contribution in [2.75, 3.05) is 64.0 Å². The molecule has 0 bridgehead atoms. The van der Waals surface area contributed by atoms with Gasteiger partial charge in [0.2, 0.25) is 11.9 Å². The highest BCUT2D eigenvalue weighted by atomic mass is 15.1. The van der Waals surface area contributed by atoms with E-state index in [0.717, 1.165) is 89.5 Å². The highest BCUT2D eigenvalue weighted by molar-refractivity contribution is 5.84. The summed E-state index contributed by atoms with van der Waals surface area (Å²) in [4.78, 5) is 32.4. The number of imidazole rings is 1. The number of aromatic nitrogens is 6. The summed E-state index contributed by atoms with van der Waals surface area (Å²) in [6.45, 7) is 15.2. The number of anilines is 2. The van der Waals surface area contributed by atoms with Crippen molar-refractivity contribution < 1.29 is 0 Å². The monoisotopic (exact) mass is 652 g/mol. The average molecular weight is 653 g/mol. The summed E-state index contributed by atoms with van der Waals surface area (Å²) in [5.41, 5.74) is 9.73. The van der Waals surface area contributed by atoms with Crippen molar-refractivity contribution in [2.45, 2.75) is 85.5 Å². The zero-order chi connectivity index (χ0) is 33.6. The highest BCUT2D eigenvalue weighted by Crippen LogP contribution is 2.30. The summed E-state index contributed by atoms with van der Waals surface area (Å²) in [7, 11) is 4.45. The van der Waals surface area contributed by atoms with Gasteiger partial charge in [0.05, 0.1) is 22.3 Å². The van der Waals surface area contributed by atoms with Crippen LogP contribution in [0.25, 0.3) is 22.4 Å². The van der Waals surface area contributed by atoms with E-state index in [1.54, 1.807) is 0 Å². The zero-order valence-electron chi connectivity index (χ0n) is 30.1. The number of aromatic amines is 1. The SMILES string of the molecule is Cc1cc2[nH]c(-c3cnc(NCCCC4CCN(C)CC4)nc3C)nc2c(C)c1Cc1cnc(NCCCC2CCN(C)CC2)nc1C. The van der Waals surface area contributed by atoms with Crippen molar-refractivity contribution in [1.29, 1.82) is 0 Å². The van der Waals surface area contributed by atoms with E-state index in [0.29, 0.717) is 5.95 Å². The lowest BCUT2D eigenvalue weighted by molar-refractivity contribution is 0.211. The molecule has 0 saturated carbocycles. The second kappa shape index (κ2) is 15.7. The Morgan fingerprint density at radius 1 is 0.750 bits per heavy atom. The van der Waals surface area contributed by atoms with Crippen molar-refractivity contribution in [3.05, 3.63) is 52.1 Å². The van der Waals surface area contributed by atoms with Crippen molar-refractivity contribution >= 4 is 22.9 Å². The lowest BCUT2D eigenvalue weighted by Gasteiger charge is -2.28. The van der Waals surface area contributed by atoms with Crippen LogP contribution in [0.4, 0.5) is 11.9 Å². The number of hydrogen-bond acceptors (Lipinski definition) is 9.